The molecule has 0 bridgehead atoms. The molecule has 0 radical (unpaired) electrons. The Bertz CT molecular complexity index is 638. The highest BCUT2D eigenvalue weighted by Gasteiger charge is 2.12. The Morgan fingerprint density at radius 3 is 2.72 bits per heavy atom. The van der Waals surface area contributed by atoms with Crippen LogP contribution in [-0.2, 0) is 0 Å². The van der Waals surface area contributed by atoms with E-state index in [-0.39, 0.29) is 5.82 Å². The first-order valence-corrected chi connectivity index (χ1v) is 6.49. The second-order valence-corrected chi connectivity index (χ2v) is 5.06. The summed E-state index contributed by atoms with van der Waals surface area (Å²) in [6.07, 6.45) is 0. The summed E-state index contributed by atoms with van der Waals surface area (Å²) in [4.78, 5) is 0.811. The van der Waals surface area contributed by atoms with Gasteiger partial charge in [0.1, 0.15) is 11.9 Å². The maximum absolute atomic E-state index is 13.0. The van der Waals surface area contributed by atoms with Crippen LogP contribution in [0, 0.1) is 24.1 Å². The summed E-state index contributed by atoms with van der Waals surface area (Å²) in [6.45, 7) is 1.77. The van der Waals surface area contributed by atoms with Crippen molar-refractivity contribution in [2.75, 3.05) is 0 Å². The number of aryl methyl sites for hydroxylation is 1. The monoisotopic (exact) mass is 277 g/mol. The zero-order valence-electron chi connectivity index (χ0n) is 9.58. The second-order valence-electron chi connectivity index (χ2n) is 3.74. The van der Waals surface area contributed by atoms with E-state index in [1.54, 1.807) is 13.0 Å². The Kier molecular flexibility index (Phi) is 3.81. The van der Waals surface area contributed by atoms with Crippen LogP contribution in [0.5, 0.6) is 0 Å². The van der Waals surface area contributed by atoms with Crippen LogP contribution in [0.3, 0.4) is 0 Å². The minimum atomic E-state index is -0.310. The van der Waals surface area contributed by atoms with Crippen molar-refractivity contribution in [1.82, 2.24) is 0 Å². The van der Waals surface area contributed by atoms with E-state index in [0.29, 0.717) is 21.7 Å². The van der Waals surface area contributed by atoms with Crippen LogP contribution in [-0.4, -0.2) is 0 Å². The van der Waals surface area contributed by atoms with E-state index >= 15 is 0 Å². The average Bonchev–Trinajstić information content (AvgIpc) is 2.83. The van der Waals surface area contributed by atoms with E-state index in [2.05, 4.69) is 6.07 Å². The molecule has 1 heterocycles. The topological polar surface area (TPSA) is 23.8 Å². The Balaban J connectivity index is 2.58. The Morgan fingerprint density at radius 1 is 1.39 bits per heavy atom. The van der Waals surface area contributed by atoms with Crippen molar-refractivity contribution in [2.24, 2.45) is 0 Å². The quantitative estimate of drug-likeness (QED) is 0.722. The van der Waals surface area contributed by atoms with Gasteiger partial charge in [-0.2, -0.15) is 5.26 Å². The molecule has 0 saturated carbocycles. The van der Waals surface area contributed by atoms with Gasteiger partial charge in [0.2, 0.25) is 0 Å². The lowest BCUT2D eigenvalue weighted by Gasteiger charge is -2.06. The summed E-state index contributed by atoms with van der Waals surface area (Å²) in [5, 5.41) is 11.5. The van der Waals surface area contributed by atoms with Crippen molar-refractivity contribution in [3.8, 4) is 6.07 Å². The molecule has 4 heteroatoms. The standard InChI is InChI=1S/C14H9ClFNS/c1-9-7-10(16)4-5-11(9)14(15)12(8-17)13-3-2-6-18-13/h2-7H,1H3/b14-12+. The number of rotatable bonds is 2. The van der Waals surface area contributed by atoms with Gasteiger partial charge in [-0.3, -0.25) is 0 Å². The number of halogens is 2. The summed E-state index contributed by atoms with van der Waals surface area (Å²) in [5.74, 6) is -0.310. The van der Waals surface area contributed by atoms with E-state index in [1.165, 1.54) is 23.5 Å². The van der Waals surface area contributed by atoms with Gasteiger partial charge in [0.05, 0.1) is 10.6 Å². The number of nitrogens with zero attached hydrogens (tertiary/aromatic N) is 1. The van der Waals surface area contributed by atoms with Gasteiger partial charge < -0.3 is 0 Å². The van der Waals surface area contributed by atoms with Crippen molar-refractivity contribution in [3.05, 3.63) is 57.5 Å². The molecule has 0 atom stereocenters. The fraction of sp³-hybridized carbons (Fsp3) is 0.0714. The van der Waals surface area contributed by atoms with Crippen molar-refractivity contribution in [1.29, 1.82) is 5.26 Å². The van der Waals surface area contributed by atoms with E-state index in [0.717, 1.165) is 4.88 Å². The summed E-state index contributed by atoms with van der Waals surface area (Å²) in [6, 6.07) is 10.1. The molecule has 1 aromatic heterocycles. The number of allylic oxidation sites excluding steroid dienone is 1. The van der Waals surface area contributed by atoms with E-state index in [4.69, 9.17) is 11.6 Å². The molecule has 0 saturated heterocycles. The minimum Gasteiger partial charge on any atom is -0.207 e. The van der Waals surface area contributed by atoms with Crippen LogP contribution in [0.2, 0.25) is 0 Å². The molecule has 0 unspecified atom stereocenters. The van der Waals surface area contributed by atoms with E-state index in [1.807, 2.05) is 17.5 Å². The molecule has 1 aromatic carbocycles. The van der Waals surface area contributed by atoms with Gasteiger partial charge >= 0.3 is 0 Å². The SMILES string of the molecule is Cc1cc(F)ccc1/C(Cl)=C(/C#N)c1cccs1. The molecule has 1 nitrogen and oxygen atoms in total. The Labute approximate surface area is 114 Å². The number of hydrogen-bond donors (Lipinski definition) is 0. The van der Waals surface area contributed by atoms with E-state index in [9.17, 15) is 9.65 Å². The molecule has 0 amide bonds. The van der Waals surface area contributed by atoms with Gasteiger partial charge in [0, 0.05) is 4.88 Å². The molecule has 0 aliphatic carbocycles. The van der Waals surface area contributed by atoms with Gasteiger partial charge in [0.25, 0.3) is 0 Å². The first kappa shape index (κ1) is 12.8. The molecule has 0 N–H and O–H groups in total. The lowest BCUT2D eigenvalue weighted by Crippen LogP contribution is -1.89. The zero-order valence-corrected chi connectivity index (χ0v) is 11.1. The van der Waals surface area contributed by atoms with Gasteiger partial charge in [-0.15, -0.1) is 11.3 Å². The van der Waals surface area contributed by atoms with Crippen LogP contribution < -0.4 is 0 Å². The van der Waals surface area contributed by atoms with Crippen molar-refractivity contribution < 1.29 is 4.39 Å². The summed E-state index contributed by atoms with van der Waals surface area (Å²) in [7, 11) is 0. The van der Waals surface area contributed by atoms with Gasteiger partial charge in [-0.1, -0.05) is 23.7 Å². The molecule has 2 aromatic rings. The van der Waals surface area contributed by atoms with Gasteiger partial charge in [0.15, 0.2) is 0 Å². The van der Waals surface area contributed by atoms with Crippen molar-refractivity contribution >= 4 is 33.5 Å². The smallest absolute Gasteiger partial charge is 0.123 e. The molecule has 18 heavy (non-hydrogen) atoms. The van der Waals surface area contributed by atoms with Crippen molar-refractivity contribution in [2.45, 2.75) is 6.92 Å². The summed E-state index contributed by atoms with van der Waals surface area (Å²) >= 11 is 7.71. The third-order valence-corrected chi connectivity index (χ3v) is 3.80. The molecular weight excluding hydrogens is 269 g/mol. The molecule has 2 rings (SSSR count). The largest absolute Gasteiger partial charge is 0.207 e. The first-order chi connectivity index (χ1) is 8.63. The van der Waals surface area contributed by atoms with Gasteiger partial charge in [-0.05, 0) is 41.6 Å². The molecular formula is C14H9ClFNS. The molecule has 0 aliphatic rings. The van der Waals surface area contributed by atoms with Crippen LogP contribution >= 0.6 is 22.9 Å². The third kappa shape index (κ3) is 2.45. The lowest BCUT2D eigenvalue weighted by molar-refractivity contribution is 0.626. The molecule has 90 valence electrons. The maximum Gasteiger partial charge on any atom is 0.123 e. The lowest BCUT2D eigenvalue weighted by atomic mass is 10.0. The number of thiophene rings is 1. The molecule has 0 fully saturated rings. The predicted molar refractivity (Wildman–Crippen MR) is 73.7 cm³/mol. The first-order valence-electron chi connectivity index (χ1n) is 5.23. The number of nitriles is 1. The van der Waals surface area contributed by atoms with Crippen LogP contribution in [0.15, 0.2) is 35.7 Å². The Morgan fingerprint density at radius 2 is 2.17 bits per heavy atom. The van der Waals surface area contributed by atoms with Crippen LogP contribution in [0.25, 0.3) is 10.6 Å². The highest BCUT2D eigenvalue weighted by atomic mass is 35.5. The molecule has 0 spiro atoms. The fourth-order valence-electron chi connectivity index (χ4n) is 1.64. The van der Waals surface area contributed by atoms with Crippen LogP contribution in [0.1, 0.15) is 16.0 Å². The Hall–Kier alpha value is -1.63. The summed E-state index contributed by atoms with van der Waals surface area (Å²) in [5.41, 5.74) is 1.81. The van der Waals surface area contributed by atoms with Crippen LogP contribution in [0.4, 0.5) is 4.39 Å². The highest BCUT2D eigenvalue weighted by molar-refractivity contribution is 7.11. The number of hydrogen-bond acceptors (Lipinski definition) is 2. The summed E-state index contributed by atoms with van der Waals surface area (Å²) < 4.78 is 13.0. The van der Waals surface area contributed by atoms with Gasteiger partial charge in [-0.25, -0.2) is 4.39 Å². The molecule has 0 aliphatic heterocycles. The third-order valence-electron chi connectivity index (χ3n) is 2.52. The minimum absolute atomic E-state index is 0.310. The normalized spacial score (nSPS) is 11.9. The highest BCUT2D eigenvalue weighted by Crippen LogP contribution is 2.33. The zero-order chi connectivity index (χ0) is 13.1. The maximum atomic E-state index is 13.0. The second kappa shape index (κ2) is 5.34. The van der Waals surface area contributed by atoms with E-state index < -0.39 is 0 Å². The number of benzene rings is 1. The fourth-order valence-corrected chi connectivity index (χ4v) is 2.78. The van der Waals surface area contributed by atoms with Crippen molar-refractivity contribution in [3.63, 3.8) is 0 Å². The average molecular weight is 278 g/mol. The predicted octanol–water partition coefficient (Wildman–Crippen LogP) is 4.83.